The average Bonchev–Trinajstić information content (AvgIpc) is 2.93. The topological polar surface area (TPSA) is 75.1 Å². The van der Waals surface area contributed by atoms with Crippen molar-refractivity contribution in [3.63, 3.8) is 0 Å². The number of benzene rings is 1. The maximum atomic E-state index is 12.1. The van der Waals surface area contributed by atoms with Crippen molar-refractivity contribution in [3.05, 3.63) is 39.4 Å². The molecule has 5 nitrogen and oxygen atoms in total. The fourth-order valence-electron chi connectivity index (χ4n) is 1.51. The zero-order valence-corrected chi connectivity index (χ0v) is 12.8. The molecule has 0 atom stereocenters. The Morgan fingerprint density at radius 3 is 2.90 bits per heavy atom. The molecule has 0 aliphatic heterocycles. The molecule has 0 radical (unpaired) electrons. The summed E-state index contributed by atoms with van der Waals surface area (Å²) in [5.74, 6) is 4.90. The van der Waals surface area contributed by atoms with Gasteiger partial charge in [-0.1, -0.05) is 41.7 Å². The van der Waals surface area contributed by atoms with Crippen molar-refractivity contribution < 1.29 is 9.90 Å². The first-order chi connectivity index (χ1) is 10.1. The second-order valence-electron chi connectivity index (χ2n) is 3.96. The lowest BCUT2D eigenvalue weighted by Crippen LogP contribution is -2.11. The largest absolute Gasteiger partial charge is 0.384 e. The van der Waals surface area contributed by atoms with Crippen LogP contribution >= 0.6 is 22.9 Å². The van der Waals surface area contributed by atoms with Gasteiger partial charge in [0, 0.05) is 11.1 Å². The SMILES string of the molecule is CCc1nnc(NC(=O)c2ccc(C#CCO)c(Cl)c2)s1. The summed E-state index contributed by atoms with van der Waals surface area (Å²) in [6.45, 7) is 1.73. The van der Waals surface area contributed by atoms with E-state index in [-0.39, 0.29) is 12.5 Å². The lowest BCUT2D eigenvalue weighted by molar-refractivity contribution is 0.102. The molecule has 0 saturated carbocycles. The highest BCUT2D eigenvalue weighted by molar-refractivity contribution is 7.15. The minimum absolute atomic E-state index is 0.241. The predicted molar refractivity (Wildman–Crippen MR) is 82.7 cm³/mol. The normalized spacial score (nSPS) is 9.86. The molecule has 0 aliphatic carbocycles. The van der Waals surface area contributed by atoms with Crippen molar-refractivity contribution in [1.82, 2.24) is 10.2 Å². The van der Waals surface area contributed by atoms with E-state index in [2.05, 4.69) is 27.4 Å². The second-order valence-corrected chi connectivity index (χ2v) is 5.43. The highest BCUT2D eigenvalue weighted by Crippen LogP contribution is 2.20. The molecule has 0 spiro atoms. The first-order valence-corrected chi connectivity index (χ1v) is 7.36. The van der Waals surface area contributed by atoms with Gasteiger partial charge in [0.05, 0.1) is 5.02 Å². The van der Waals surface area contributed by atoms with Crippen LogP contribution in [0.5, 0.6) is 0 Å². The van der Waals surface area contributed by atoms with Gasteiger partial charge >= 0.3 is 0 Å². The Bertz CT molecular complexity index is 718. The predicted octanol–water partition coefficient (Wildman–Crippen LogP) is 2.35. The maximum absolute atomic E-state index is 12.1. The summed E-state index contributed by atoms with van der Waals surface area (Å²) in [5.41, 5.74) is 0.967. The van der Waals surface area contributed by atoms with Gasteiger partial charge in [-0.2, -0.15) is 0 Å². The van der Waals surface area contributed by atoms with Crippen LogP contribution in [0, 0.1) is 11.8 Å². The number of nitrogens with one attached hydrogen (secondary N) is 1. The standard InChI is InChI=1S/C14H12ClN3O2S/c1-2-12-17-18-14(21-12)16-13(20)10-6-5-9(4-3-7-19)11(15)8-10/h5-6,8,19H,2,7H2,1H3,(H,16,18,20). The number of carbonyl (C=O) groups excluding carboxylic acids is 1. The van der Waals surface area contributed by atoms with E-state index in [1.54, 1.807) is 12.1 Å². The van der Waals surface area contributed by atoms with Gasteiger partial charge in [-0.05, 0) is 24.6 Å². The number of halogens is 1. The van der Waals surface area contributed by atoms with Gasteiger partial charge in [-0.15, -0.1) is 10.2 Å². The summed E-state index contributed by atoms with van der Waals surface area (Å²) in [6.07, 6.45) is 0.775. The second kappa shape index (κ2) is 7.18. The van der Waals surface area contributed by atoms with Gasteiger partial charge in [-0.25, -0.2) is 0 Å². The molecule has 1 amide bonds. The zero-order valence-electron chi connectivity index (χ0n) is 11.2. The summed E-state index contributed by atoms with van der Waals surface area (Å²) in [7, 11) is 0. The van der Waals surface area contributed by atoms with Gasteiger partial charge in [0.15, 0.2) is 0 Å². The lowest BCUT2D eigenvalue weighted by Gasteiger charge is -2.03. The highest BCUT2D eigenvalue weighted by atomic mass is 35.5. The molecular formula is C14H12ClN3O2S. The number of aliphatic hydroxyl groups excluding tert-OH is 1. The number of hydrogen-bond donors (Lipinski definition) is 2. The van der Waals surface area contributed by atoms with Crippen LogP contribution in [-0.2, 0) is 6.42 Å². The maximum Gasteiger partial charge on any atom is 0.257 e. The van der Waals surface area contributed by atoms with Crippen molar-refractivity contribution >= 4 is 34.0 Å². The number of rotatable bonds is 3. The van der Waals surface area contributed by atoms with Crippen LogP contribution in [0.15, 0.2) is 18.2 Å². The fourth-order valence-corrected chi connectivity index (χ4v) is 2.41. The molecule has 0 bridgehead atoms. The van der Waals surface area contributed by atoms with Crippen LogP contribution in [0.2, 0.25) is 5.02 Å². The minimum atomic E-state index is -0.308. The van der Waals surface area contributed by atoms with E-state index in [0.717, 1.165) is 11.4 Å². The fraction of sp³-hybridized carbons (Fsp3) is 0.214. The smallest absolute Gasteiger partial charge is 0.257 e. The number of aryl methyl sites for hydroxylation is 1. The van der Waals surface area contributed by atoms with E-state index in [0.29, 0.717) is 21.3 Å². The van der Waals surface area contributed by atoms with E-state index >= 15 is 0 Å². The van der Waals surface area contributed by atoms with Crippen molar-refractivity contribution in [2.75, 3.05) is 11.9 Å². The van der Waals surface area contributed by atoms with Crippen molar-refractivity contribution in [2.24, 2.45) is 0 Å². The first-order valence-electron chi connectivity index (χ1n) is 6.17. The lowest BCUT2D eigenvalue weighted by atomic mass is 10.1. The van der Waals surface area contributed by atoms with Crippen LogP contribution in [0.4, 0.5) is 5.13 Å². The van der Waals surface area contributed by atoms with Crippen LogP contribution in [0.1, 0.15) is 27.9 Å². The van der Waals surface area contributed by atoms with E-state index in [1.165, 1.54) is 17.4 Å². The summed E-state index contributed by atoms with van der Waals surface area (Å²) in [6, 6.07) is 4.78. The number of carbonyl (C=O) groups is 1. The molecule has 2 aromatic rings. The number of amides is 1. The Labute approximate surface area is 131 Å². The van der Waals surface area contributed by atoms with Gasteiger partial charge in [-0.3, -0.25) is 10.1 Å². The minimum Gasteiger partial charge on any atom is -0.384 e. The Morgan fingerprint density at radius 1 is 1.48 bits per heavy atom. The van der Waals surface area contributed by atoms with E-state index in [4.69, 9.17) is 16.7 Å². The van der Waals surface area contributed by atoms with Crippen molar-refractivity contribution in [2.45, 2.75) is 13.3 Å². The molecule has 0 fully saturated rings. The zero-order chi connectivity index (χ0) is 15.2. The quantitative estimate of drug-likeness (QED) is 0.851. The molecule has 7 heteroatoms. The van der Waals surface area contributed by atoms with Crippen LogP contribution in [0.25, 0.3) is 0 Å². The first kappa shape index (κ1) is 15.4. The third-order valence-corrected chi connectivity index (χ3v) is 3.82. The molecule has 21 heavy (non-hydrogen) atoms. The molecular weight excluding hydrogens is 310 g/mol. The Balaban J connectivity index is 2.14. The molecule has 0 unspecified atom stereocenters. The van der Waals surface area contributed by atoms with E-state index in [1.807, 2.05) is 6.92 Å². The van der Waals surface area contributed by atoms with Gasteiger partial charge in [0.1, 0.15) is 11.6 Å². The van der Waals surface area contributed by atoms with Gasteiger partial charge < -0.3 is 5.11 Å². The number of anilines is 1. The molecule has 1 heterocycles. The summed E-state index contributed by atoms with van der Waals surface area (Å²) in [4.78, 5) is 12.1. The number of aliphatic hydroxyl groups is 1. The molecule has 2 rings (SSSR count). The molecule has 1 aromatic heterocycles. The van der Waals surface area contributed by atoms with Crippen LogP contribution in [-0.4, -0.2) is 27.8 Å². The summed E-state index contributed by atoms with van der Waals surface area (Å²) in [5, 5.41) is 20.8. The third kappa shape index (κ3) is 4.02. The number of nitrogens with zero attached hydrogens (tertiary/aromatic N) is 2. The summed E-state index contributed by atoms with van der Waals surface area (Å²) >= 11 is 7.39. The Kier molecular flexibility index (Phi) is 5.28. The third-order valence-electron chi connectivity index (χ3n) is 2.52. The van der Waals surface area contributed by atoms with Crippen molar-refractivity contribution in [3.8, 4) is 11.8 Å². The monoisotopic (exact) mass is 321 g/mol. The Morgan fingerprint density at radius 2 is 2.29 bits per heavy atom. The molecule has 1 aromatic carbocycles. The van der Waals surface area contributed by atoms with E-state index in [9.17, 15) is 4.79 Å². The highest BCUT2D eigenvalue weighted by Gasteiger charge is 2.11. The number of aromatic nitrogens is 2. The van der Waals surface area contributed by atoms with Crippen LogP contribution in [0.3, 0.4) is 0 Å². The molecule has 0 aliphatic rings. The van der Waals surface area contributed by atoms with Crippen LogP contribution < -0.4 is 5.32 Å². The van der Waals surface area contributed by atoms with Gasteiger partial charge in [0.25, 0.3) is 5.91 Å². The molecule has 2 N–H and O–H groups in total. The van der Waals surface area contributed by atoms with E-state index < -0.39 is 0 Å². The molecule has 0 saturated heterocycles. The average molecular weight is 322 g/mol. The van der Waals surface area contributed by atoms with Gasteiger partial charge in [0.2, 0.25) is 5.13 Å². The summed E-state index contributed by atoms with van der Waals surface area (Å²) < 4.78 is 0. The number of hydrogen-bond acceptors (Lipinski definition) is 5. The van der Waals surface area contributed by atoms with Crippen molar-refractivity contribution in [1.29, 1.82) is 0 Å². The molecule has 108 valence electrons. The Hall–Kier alpha value is -1.94.